The highest BCUT2D eigenvalue weighted by Gasteiger charge is 2.31. The number of hydrogen-bond donors (Lipinski definition) is 0. The molecule has 0 saturated carbocycles. The summed E-state index contributed by atoms with van der Waals surface area (Å²) in [5, 5.41) is 0. The molecule has 3 atom stereocenters. The van der Waals surface area contributed by atoms with Crippen LogP contribution < -0.4 is 0 Å². The fourth-order valence-corrected chi connectivity index (χ4v) is 2.88. The molecule has 1 amide bonds. The van der Waals surface area contributed by atoms with Gasteiger partial charge in [-0.2, -0.15) is 0 Å². The van der Waals surface area contributed by atoms with Gasteiger partial charge >= 0.3 is 5.97 Å². The van der Waals surface area contributed by atoms with Crippen molar-refractivity contribution in [3.05, 3.63) is 12.3 Å². The van der Waals surface area contributed by atoms with Crippen LogP contribution in [0.5, 0.6) is 0 Å². The number of esters is 1. The first-order valence-electron chi connectivity index (χ1n) is 9.24. The van der Waals surface area contributed by atoms with Crippen LogP contribution in [-0.2, 0) is 14.3 Å². The molecule has 24 heavy (non-hydrogen) atoms. The van der Waals surface area contributed by atoms with Crippen molar-refractivity contribution in [3.8, 4) is 0 Å². The van der Waals surface area contributed by atoms with Crippen LogP contribution in [0.15, 0.2) is 12.3 Å². The van der Waals surface area contributed by atoms with Crippen molar-refractivity contribution < 1.29 is 14.3 Å². The molecule has 1 unspecified atom stereocenters. The van der Waals surface area contributed by atoms with E-state index in [9.17, 15) is 9.59 Å². The predicted molar refractivity (Wildman–Crippen MR) is 97.3 cm³/mol. The first-order valence-corrected chi connectivity index (χ1v) is 9.24. The highest BCUT2D eigenvalue weighted by Crippen LogP contribution is 2.30. The molecule has 4 heteroatoms. The number of cyclic esters (lactones) is 1. The van der Waals surface area contributed by atoms with Crippen molar-refractivity contribution in [3.63, 3.8) is 0 Å². The Balaban J connectivity index is 2.86. The van der Waals surface area contributed by atoms with Gasteiger partial charge in [0.15, 0.2) is 0 Å². The van der Waals surface area contributed by atoms with Gasteiger partial charge in [-0.15, -0.1) is 0 Å². The largest absolute Gasteiger partial charge is 0.462 e. The van der Waals surface area contributed by atoms with Gasteiger partial charge in [-0.05, 0) is 37.0 Å². The zero-order valence-electron chi connectivity index (χ0n) is 16.3. The highest BCUT2D eigenvalue weighted by atomic mass is 16.5. The quantitative estimate of drug-likeness (QED) is 0.610. The Bertz CT molecular complexity index is 450. The van der Waals surface area contributed by atoms with E-state index in [0.29, 0.717) is 12.3 Å². The van der Waals surface area contributed by atoms with E-state index in [1.54, 1.807) is 11.9 Å². The summed E-state index contributed by atoms with van der Waals surface area (Å²) in [4.78, 5) is 26.2. The minimum absolute atomic E-state index is 0.0759. The lowest BCUT2D eigenvalue weighted by Gasteiger charge is -2.33. The Morgan fingerprint density at radius 3 is 2.46 bits per heavy atom. The molecule has 0 bridgehead atoms. The molecule has 138 valence electrons. The molecule has 0 spiro atoms. The average molecular weight is 338 g/mol. The normalized spacial score (nSPS) is 30.2. The first kappa shape index (κ1) is 20.7. The molecule has 0 fully saturated rings. The third-order valence-corrected chi connectivity index (χ3v) is 4.82. The summed E-state index contributed by atoms with van der Waals surface area (Å²) >= 11 is 0. The highest BCUT2D eigenvalue weighted by molar-refractivity contribution is 5.76. The maximum Gasteiger partial charge on any atom is 0.308 e. The van der Waals surface area contributed by atoms with E-state index in [2.05, 4.69) is 27.7 Å². The molecule has 1 aliphatic heterocycles. The molecule has 0 radical (unpaired) electrons. The molecule has 0 aromatic rings. The van der Waals surface area contributed by atoms with Crippen LogP contribution >= 0.6 is 0 Å². The van der Waals surface area contributed by atoms with Gasteiger partial charge in [0.1, 0.15) is 6.10 Å². The second-order valence-electron chi connectivity index (χ2n) is 8.39. The number of rotatable bonds is 0. The maximum atomic E-state index is 12.4. The fourth-order valence-electron chi connectivity index (χ4n) is 2.88. The minimum atomic E-state index is -0.124. The molecule has 1 aliphatic rings. The lowest BCUT2D eigenvalue weighted by molar-refractivity contribution is -0.160. The van der Waals surface area contributed by atoms with E-state index >= 15 is 0 Å². The van der Waals surface area contributed by atoms with E-state index in [-0.39, 0.29) is 29.3 Å². The molecule has 0 aromatic heterocycles. The van der Waals surface area contributed by atoms with Crippen LogP contribution in [0.2, 0.25) is 0 Å². The lowest BCUT2D eigenvalue weighted by atomic mass is 9.82. The third kappa shape index (κ3) is 7.06. The zero-order valence-corrected chi connectivity index (χ0v) is 16.3. The summed E-state index contributed by atoms with van der Waals surface area (Å²) in [6, 6.07) is 0. The van der Waals surface area contributed by atoms with E-state index in [0.717, 1.165) is 32.1 Å². The van der Waals surface area contributed by atoms with Crippen molar-refractivity contribution >= 4 is 11.9 Å². The summed E-state index contributed by atoms with van der Waals surface area (Å²) in [5.74, 6) is 0.355. The second kappa shape index (κ2) is 9.24. The predicted octanol–water partition coefficient (Wildman–Crippen LogP) is 4.54. The zero-order chi connectivity index (χ0) is 18.3. The summed E-state index contributed by atoms with van der Waals surface area (Å²) in [6.07, 6.45) is 8.48. The van der Waals surface area contributed by atoms with Crippen LogP contribution in [0.1, 0.15) is 73.1 Å². The maximum absolute atomic E-state index is 12.4. The number of amides is 1. The van der Waals surface area contributed by atoms with Crippen molar-refractivity contribution in [2.45, 2.75) is 79.2 Å². The number of allylic oxidation sites excluding steroid dienone is 1. The van der Waals surface area contributed by atoms with Crippen LogP contribution in [0, 0.1) is 17.3 Å². The molecule has 0 aromatic carbocycles. The first-order chi connectivity index (χ1) is 11.1. The van der Waals surface area contributed by atoms with Crippen molar-refractivity contribution in [1.29, 1.82) is 0 Å². The van der Waals surface area contributed by atoms with Crippen LogP contribution in [0.3, 0.4) is 0 Å². The Morgan fingerprint density at radius 2 is 1.83 bits per heavy atom. The number of nitrogens with zero attached hydrogens (tertiary/aromatic N) is 1. The van der Waals surface area contributed by atoms with Crippen molar-refractivity contribution in [2.75, 3.05) is 7.05 Å². The van der Waals surface area contributed by atoms with E-state index in [1.165, 1.54) is 0 Å². The molecular weight excluding hydrogens is 302 g/mol. The Kier molecular flexibility index (Phi) is 7.98. The van der Waals surface area contributed by atoms with E-state index in [4.69, 9.17) is 4.74 Å². The molecular formula is C20H35NO3. The van der Waals surface area contributed by atoms with E-state index in [1.807, 2.05) is 19.2 Å². The van der Waals surface area contributed by atoms with Gasteiger partial charge < -0.3 is 9.64 Å². The van der Waals surface area contributed by atoms with Gasteiger partial charge in [-0.1, -0.05) is 47.1 Å². The molecule has 0 aliphatic carbocycles. The molecule has 0 N–H and O–H groups in total. The summed E-state index contributed by atoms with van der Waals surface area (Å²) < 4.78 is 5.88. The Labute approximate surface area is 147 Å². The number of carbonyl (C=O) groups excluding carboxylic acids is 2. The molecule has 0 saturated heterocycles. The van der Waals surface area contributed by atoms with Crippen LogP contribution in [0.4, 0.5) is 0 Å². The lowest BCUT2D eigenvalue weighted by Crippen LogP contribution is -2.35. The van der Waals surface area contributed by atoms with Crippen LogP contribution in [0.25, 0.3) is 0 Å². The van der Waals surface area contributed by atoms with E-state index < -0.39 is 0 Å². The van der Waals surface area contributed by atoms with Gasteiger partial charge in [0.25, 0.3) is 0 Å². The summed E-state index contributed by atoms with van der Waals surface area (Å²) in [7, 11) is 1.80. The summed E-state index contributed by atoms with van der Waals surface area (Å²) in [6.45, 7) is 10.5. The van der Waals surface area contributed by atoms with Crippen LogP contribution in [-0.4, -0.2) is 29.9 Å². The topological polar surface area (TPSA) is 46.6 Å². The number of ether oxygens (including phenoxy) is 1. The number of carbonyl (C=O) groups is 2. The monoisotopic (exact) mass is 337 g/mol. The Hall–Kier alpha value is -1.32. The average Bonchev–Trinajstić information content (AvgIpc) is 2.48. The molecule has 1 heterocycles. The van der Waals surface area contributed by atoms with Gasteiger partial charge in [0.2, 0.25) is 5.91 Å². The Morgan fingerprint density at radius 1 is 1.17 bits per heavy atom. The van der Waals surface area contributed by atoms with Crippen molar-refractivity contribution in [1.82, 2.24) is 4.90 Å². The van der Waals surface area contributed by atoms with Gasteiger partial charge in [-0.3, -0.25) is 9.59 Å². The number of hydrogen-bond acceptors (Lipinski definition) is 3. The van der Waals surface area contributed by atoms with Gasteiger partial charge in [-0.25, -0.2) is 0 Å². The standard InChI is InChI=1S/C20H35NO3/c1-15-10-9-12-18(22)21(6)13-8-7-11-16(2)19(23)24-17(14-15)20(3,4)5/h8,13,15-17H,7,9-12,14H2,1-6H3/b13-8+/t15-,16-,17?/m0/s1. The third-order valence-electron chi connectivity index (χ3n) is 4.82. The SMILES string of the molecule is C[C@H]1CCCC(=O)N(C)/C=C/CC[C@H](C)C(=O)OC(C(C)(C)C)C1. The fraction of sp³-hybridized carbons (Fsp3) is 0.800. The summed E-state index contributed by atoms with van der Waals surface area (Å²) in [5.41, 5.74) is -0.0759. The van der Waals surface area contributed by atoms with Gasteiger partial charge in [0.05, 0.1) is 5.92 Å². The minimum Gasteiger partial charge on any atom is -0.462 e. The second-order valence-corrected chi connectivity index (χ2v) is 8.39. The van der Waals surface area contributed by atoms with Crippen molar-refractivity contribution in [2.24, 2.45) is 17.3 Å². The molecule has 4 nitrogen and oxygen atoms in total. The molecule has 1 rings (SSSR count). The smallest absolute Gasteiger partial charge is 0.308 e. The van der Waals surface area contributed by atoms with Gasteiger partial charge in [0, 0.05) is 19.7 Å².